The Morgan fingerprint density at radius 1 is 1.00 bits per heavy atom. The van der Waals surface area contributed by atoms with Gasteiger partial charge in [-0.1, -0.05) is 60.7 Å². The van der Waals surface area contributed by atoms with Crippen molar-refractivity contribution in [1.82, 2.24) is 0 Å². The molecule has 1 saturated heterocycles. The lowest BCUT2D eigenvalue weighted by Crippen LogP contribution is -2.08. The molecule has 132 valence electrons. The number of rotatable bonds is 9. The van der Waals surface area contributed by atoms with E-state index in [9.17, 15) is 0 Å². The fourth-order valence-corrected chi connectivity index (χ4v) is 2.75. The van der Waals surface area contributed by atoms with Crippen molar-refractivity contribution in [2.24, 2.45) is 4.99 Å². The van der Waals surface area contributed by atoms with Crippen molar-refractivity contribution in [3.05, 3.63) is 71.8 Å². The first-order valence-corrected chi connectivity index (χ1v) is 8.83. The predicted octanol–water partition coefficient (Wildman–Crippen LogP) is 4.17. The van der Waals surface area contributed by atoms with Gasteiger partial charge >= 0.3 is 0 Å². The Morgan fingerprint density at radius 3 is 2.40 bits per heavy atom. The van der Waals surface area contributed by atoms with E-state index in [-0.39, 0.29) is 12.3 Å². The summed E-state index contributed by atoms with van der Waals surface area (Å²) in [6, 6.07) is 20.5. The third-order valence-corrected chi connectivity index (χ3v) is 4.08. The first-order valence-electron chi connectivity index (χ1n) is 8.83. The van der Waals surface area contributed by atoms with Gasteiger partial charge in [-0.3, -0.25) is 4.99 Å². The maximum absolute atomic E-state index is 5.90. The Kier molecular flexibility index (Phi) is 7.18. The lowest BCUT2D eigenvalue weighted by atomic mass is 10.1. The molecule has 25 heavy (non-hydrogen) atoms. The summed E-state index contributed by atoms with van der Waals surface area (Å²) in [6.07, 6.45) is 3.58. The van der Waals surface area contributed by atoms with Crippen molar-refractivity contribution < 1.29 is 14.2 Å². The minimum atomic E-state index is -0.0732. The largest absolute Gasteiger partial charge is 0.374 e. The third kappa shape index (κ3) is 6.09. The fourth-order valence-electron chi connectivity index (χ4n) is 2.75. The van der Waals surface area contributed by atoms with Gasteiger partial charge in [0.05, 0.1) is 32.5 Å². The Balaban J connectivity index is 1.51. The summed E-state index contributed by atoms with van der Waals surface area (Å²) >= 11 is 0. The van der Waals surface area contributed by atoms with E-state index in [0.717, 1.165) is 12.8 Å². The smallest absolute Gasteiger partial charge is 0.158 e. The van der Waals surface area contributed by atoms with Gasteiger partial charge in [-0.15, -0.1) is 0 Å². The molecule has 4 nitrogen and oxygen atoms in total. The Labute approximate surface area is 149 Å². The minimum absolute atomic E-state index is 0.00956. The van der Waals surface area contributed by atoms with Crippen LogP contribution in [0.5, 0.6) is 0 Å². The summed E-state index contributed by atoms with van der Waals surface area (Å²) in [4.78, 5) is 4.72. The Bertz CT molecular complexity index is 624. The van der Waals surface area contributed by atoms with Gasteiger partial charge in [0.25, 0.3) is 0 Å². The molecule has 0 radical (unpaired) electrons. The lowest BCUT2D eigenvalue weighted by Gasteiger charge is -2.14. The highest BCUT2D eigenvalue weighted by Crippen LogP contribution is 2.18. The van der Waals surface area contributed by atoms with Gasteiger partial charge in [0, 0.05) is 6.42 Å². The number of ether oxygens (including phenoxy) is 3. The molecule has 4 heteroatoms. The zero-order chi connectivity index (χ0) is 17.2. The van der Waals surface area contributed by atoms with Crippen LogP contribution in [0.15, 0.2) is 65.7 Å². The van der Waals surface area contributed by atoms with Crippen LogP contribution in [0.2, 0.25) is 0 Å². The maximum Gasteiger partial charge on any atom is 0.158 e. The highest BCUT2D eigenvalue weighted by Gasteiger charge is 2.14. The highest BCUT2D eigenvalue weighted by atomic mass is 16.7. The summed E-state index contributed by atoms with van der Waals surface area (Å²) < 4.78 is 16.8. The molecule has 0 bridgehead atoms. The van der Waals surface area contributed by atoms with E-state index in [4.69, 9.17) is 19.2 Å². The van der Waals surface area contributed by atoms with Crippen LogP contribution >= 0.6 is 0 Å². The SMILES string of the molecule is C(CCC1OCCO1)=N[C@@H](COCc1ccccc1)c1ccccc1. The molecule has 2 aromatic rings. The molecular formula is C21H25NO3. The summed E-state index contributed by atoms with van der Waals surface area (Å²) in [5.41, 5.74) is 2.34. The summed E-state index contributed by atoms with van der Waals surface area (Å²) in [6.45, 7) is 2.55. The summed E-state index contributed by atoms with van der Waals surface area (Å²) in [5, 5.41) is 0. The van der Waals surface area contributed by atoms with Gasteiger partial charge in [0.1, 0.15) is 0 Å². The zero-order valence-corrected chi connectivity index (χ0v) is 14.4. The normalized spacial score (nSPS) is 16.5. The first-order chi connectivity index (χ1) is 12.4. The number of nitrogens with zero attached hydrogens (tertiary/aromatic N) is 1. The van der Waals surface area contributed by atoms with Gasteiger partial charge in [-0.2, -0.15) is 0 Å². The molecule has 0 aliphatic carbocycles. The van der Waals surface area contributed by atoms with E-state index in [2.05, 4.69) is 24.3 Å². The Hall–Kier alpha value is -2.01. The van der Waals surface area contributed by atoms with Crippen LogP contribution in [-0.2, 0) is 20.8 Å². The van der Waals surface area contributed by atoms with Crippen LogP contribution in [0.25, 0.3) is 0 Å². The average molecular weight is 339 g/mol. The van der Waals surface area contributed by atoms with Crippen LogP contribution in [0.3, 0.4) is 0 Å². The first kappa shape index (κ1) is 17.8. The molecule has 0 saturated carbocycles. The van der Waals surface area contributed by atoms with Crippen molar-refractivity contribution in [3.8, 4) is 0 Å². The van der Waals surface area contributed by atoms with Crippen LogP contribution in [0, 0.1) is 0 Å². The number of aliphatic imine (C=N–C) groups is 1. The maximum atomic E-state index is 5.90. The number of hydrogen-bond donors (Lipinski definition) is 0. The Morgan fingerprint density at radius 2 is 1.68 bits per heavy atom. The van der Waals surface area contributed by atoms with Crippen LogP contribution in [0.1, 0.15) is 30.0 Å². The third-order valence-electron chi connectivity index (χ3n) is 4.08. The van der Waals surface area contributed by atoms with Crippen molar-refractivity contribution >= 4 is 6.21 Å². The molecule has 2 aromatic carbocycles. The molecule has 0 amide bonds. The topological polar surface area (TPSA) is 40.0 Å². The monoisotopic (exact) mass is 339 g/mol. The van der Waals surface area contributed by atoms with E-state index in [1.807, 2.05) is 42.6 Å². The molecule has 3 rings (SSSR count). The van der Waals surface area contributed by atoms with E-state index in [1.165, 1.54) is 11.1 Å². The molecule has 1 aliphatic rings. The van der Waals surface area contributed by atoms with Crippen LogP contribution in [-0.4, -0.2) is 32.3 Å². The van der Waals surface area contributed by atoms with Crippen molar-refractivity contribution in [2.75, 3.05) is 19.8 Å². The highest BCUT2D eigenvalue weighted by molar-refractivity contribution is 5.57. The van der Waals surface area contributed by atoms with Crippen molar-refractivity contribution in [2.45, 2.75) is 31.8 Å². The van der Waals surface area contributed by atoms with Crippen LogP contribution in [0.4, 0.5) is 0 Å². The molecule has 0 N–H and O–H groups in total. The molecule has 0 aromatic heterocycles. The van der Waals surface area contributed by atoms with Crippen molar-refractivity contribution in [3.63, 3.8) is 0 Å². The molecule has 1 atom stereocenters. The predicted molar refractivity (Wildman–Crippen MR) is 98.7 cm³/mol. The van der Waals surface area contributed by atoms with E-state index < -0.39 is 0 Å². The van der Waals surface area contributed by atoms with Crippen molar-refractivity contribution in [1.29, 1.82) is 0 Å². The second-order valence-corrected chi connectivity index (χ2v) is 6.01. The molecule has 0 unspecified atom stereocenters. The van der Waals surface area contributed by atoms with Crippen LogP contribution < -0.4 is 0 Å². The van der Waals surface area contributed by atoms with E-state index in [0.29, 0.717) is 26.4 Å². The zero-order valence-electron chi connectivity index (χ0n) is 14.4. The van der Waals surface area contributed by atoms with Gasteiger partial charge in [-0.05, 0) is 23.8 Å². The molecule has 1 aliphatic heterocycles. The lowest BCUT2D eigenvalue weighted by molar-refractivity contribution is -0.0448. The standard InChI is InChI=1S/C21H25NO3/c1-3-8-18(9-4-1)16-23-17-20(19-10-5-2-6-11-19)22-13-7-12-21-24-14-15-25-21/h1-6,8-11,13,20-21H,7,12,14-17H2/t20-/m0/s1. The molecular weight excluding hydrogens is 314 g/mol. The van der Waals surface area contributed by atoms with E-state index in [1.54, 1.807) is 0 Å². The minimum Gasteiger partial charge on any atom is -0.374 e. The quantitative estimate of drug-likeness (QED) is 0.644. The van der Waals surface area contributed by atoms with Gasteiger partial charge in [-0.25, -0.2) is 0 Å². The molecule has 0 spiro atoms. The molecule has 1 fully saturated rings. The second kappa shape index (κ2) is 10.1. The second-order valence-electron chi connectivity index (χ2n) is 6.01. The van der Waals surface area contributed by atoms with Gasteiger partial charge in [0.15, 0.2) is 6.29 Å². The van der Waals surface area contributed by atoms with E-state index >= 15 is 0 Å². The number of hydrogen-bond acceptors (Lipinski definition) is 4. The fraction of sp³-hybridized carbons (Fsp3) is 0.381. The number of benzene rings is 2. The summed E-state index contributed by atoms with van der Waals surface area (Å²) in [7, 11) is 0. The summed E-state index contributed by atoms with van der Waals surface area (Å²) in [5.74, 6) is 0. The average Bonchev–Trinajstić information content (AvgIpc) is 3.19. The van der Waals surface area contributed by atoms with Gasteiger partial charge < -0.3 is 14.2 Å². The van der Waals surface area contributed by atoms with Gasteiger partial charge in [0.2, 0.25) is 0 Å². The molecule has 1 heterocycles.